The van der Waals surface area contributed by atoms with Crippen LogP contribution in [0.5, 0.6) is 0 Å². The lowest BCUT2D eigenvalue weighted by molar-refractivity contribution is 0.415. The van der Waals surface area contributed by atoms with Crippen LogP contribution in [0.2, 0.25) is 0 Å². The molecule has 2 nitrogen and oxygen atoms in total. The first kappa shape index (κ1) is 9.21. The van der Waals surface area contributed by atoms with Crippen molar-refractivity contribution in [1.29, 1.82) is 0 Å². The van der Waals surface area contributed by atoms with E-state index in [1.54, 1.807) is 13.0 Å². The van der Waals surface area contributed by atoms with Crippen LogP contribution in [0.4, 0.5) is 0 Å². The molecule has 0 heterocycles. The van der Waals surface area contributed by atoms with Crippen molar-refractivity contribution in [2.45, 2.75) is 33.7 Å². The maximum absolute atomic E-state index is 8.82. The Morgan fingerprint density at radius 1 is 1.40 bits per heavy atom. The van der Waals surface area contributed by atoms with Gasteiger partial charge in [-0.1, -0.05) is 0 Å². The molecule has 0 saturated heterocycles. The Balaban J connectivity index is 4.08. The molecule has 0 spiro atoms. The predicted octanol–water partition coefficient (Wildman–Crippen LogP) is 2.32. The molecule has 0 aliphatic heterocycles. The van der Waals surface area contributed by atoms with Gasteiger partial charge >= 0.3 is 0 Å². The maximum Gasteiger partial charge on any atom is 0.0909 e. The van der Waals surface area contributed by atoms with E-state index in [-0.39, 0.29) is 0 Å². The second-order valence-corrected chi connectivity index (χ2v) is 2.65. The molecule has 58 valence electrons. The van der Waals surface area contributed by atoms with Crippen molar-refractivity contribution in [1.82, 2.24) is 0 Å². The monoisotopic (exact) mass is 141 g/mol. The fourth-order valence-electron chi connectivity index (χ4n) is 0.747. The summed E-state index contributed by atoms with van der Waals surface area (Å²) in [5.74, 6) is 0.307. The Labute approximate surface area is 62.3 Å². The molecule has 0 aromatic rings. The second-order valence-electron chi connectivity index (χ2n) is 2.65. The Hall–Kier alpha value is -0.790. The van der Waals surface area contributed by atoms with E-state index in [1.807, 2.05) is 20.8 Å². The molecule has 0 aliphatic rings. The lowest BCUT2D eigenvalue weighted by Gasteiger charge is -1.97. The molecule has 0 saturated carbocycles. The molecule has 0 atom stereocenters. The summed E-state index contributed by atoms with van der Waals surface area (Å²) in [6.45, 7) is 7.52. The standard InChI is InChI=1S/C8H15NO/c1-6(2)9-7(3)5-8(4)10/h5-6,10H,1-4H3/b8-5-,9-7+. The Morgan fingerprint density at radius 3 is 2.20 bits per heavy atom. The van der Waals surface area contributed by atoms with Crippen molar-refractivity contribution < 1.29 is 5.11 Å². The Kier molecular flexibility index (Phi) is 3.77. The van der Waals surface area contributed by atoms with E-state index in [9.17, 15) is 0 Å². The van der Waals surface area contributed by atoms with Gasteiger partial charge in [-0.3, -0.25) is 4.99 Å². The first-order chi connectivity index (χ1) is 4.52. The summed E-state index contributed by atoms with van der Waals surface area (Å²) in [5, 5.41) is 8.82. The van der Waals surface area contributed by atoms with Crippen LogP contribution in [-0.2, 0) is 0 Å². The van der Waals surface area contributed by atoms with Crippen LogP contribution < -0.4 is 0 Å². The fraction of sp³-hybridized carbons (Fsp3) is 0.625. The van der Waals surface area contributed by atoms with Crippen molar-refractivity contribution in [3.05, 3.63) is 11.8 Å². The van der Waals surface area contributed by atoms with Crippen LogP contribution in [0.1, 0.15) is 27.7 Å². The van der Waals surface area contributed by atoms with Gasteiger partial charge in [0.15, 0.2) is 0 Å². The Morgan fingerprint density at radius 2 is 1.90 bits per heavy atom. The molecule has 0 amide bonds. The van der Waals surface area contributed by atoms with Crippen LogP contribution >= 0.6 is 0 Å². The zero-order valence-corrected chi connectivity index (χ0v) is 7.05. The number of aliphatic imine (C=N–C) groups is 1. The summed E-state index contributed by atoms with van der Waals surface area (Å²) in [6.07, 6.45) is 1.65. The third-order valence-corrected chi connectivity index (χ3v) is 0.880. The third kappa shape index (κ3) is 5.35. The minimum absolute atomic E-state index is 0.301. The van der Waals surface area contributed by atoms with Gasteiger partial charge in [-0.05, 0) is 33.8 Å². The van der Waals surface area contributed by atoms with Crippen LogP contribution in [0, 0.1) is 0 Å². The number of allylic oxidation sites excluding steroid dienone is 2. The highest BCUT2D eigenvalue weighted by Gasteiger charge is 1.89. The van der Waals surface area contributed by atoms with Crippen molar-refractivity contribution in [3.8, 4) is 0 Å². The van der Waals surface area contributed by atoms with E-state index in [2.05, 4.69) is 4.99 Å². The largest absolute Gasteiger partial charge is 0.513 e. The Bertz CT molecular complexity index is 153. The van der Waals surface area contributed by atoms with Gasteiger partial charge in [0, 0.05) is 11.8 Å². The highest BCUT2D eigenvalue weighted by Crippen LogP contribution is 1.92. The van der Waals surface area contributed by atoms with Gasteiger partial charge in [0.25, 0.3) is 0 Å². The predicted molar refractivity (Wildman–Crippen MR) is 44.6 cm³/mol. The summed E-state index contributed by atoms with van der Waals surface area (Å²) in [7, 11) is 0. The molecule has 10 heavy (non-hydrogen) atoms. The first-order valence-electron chi connectivity index (χ1n) is 3.44. The summed E-state index contributed by atoms with van der Waals surface area (Å²) in [4.78, 5) is 4.20. The summed E-state index contributed by atoms with van der Waals surface area (Å²) in [6, 6.07) is 0.301. The number of hydrogen-bond acceptors (Lipinski definition) is 2. The number of rotatable bonds is 2. The molecule has 1 N–H and O–H groups in total. The smallest absolute Gasteiger partial charge is 0.0909 e. The van der Waals surface area contributed by atoms with E-state index in [0.29, 0.717) is 11.8 Å². The summed E-state index contributed by atoms with van der Waals surface area (Å²) >= 11 is 0. The van der Waals surface area contributed by atoms with Gasteiger partial charge in [-0.2, -0.15) is 0 Å². The number of aliphatic hydroxyl groups is 1. The maximum atomic E-state index is 8.82. The lowest BCUT2D eigenvalue weighted by Crippen LogP contribution is -1.95. The topological polar surface area (TPSA) is 32.6 Å². The van der Waals surface area contributed by atoms with E-state index in [1.165, 1.54) is 0 Å². The van der Waals surface area contributed by atoms with Crippen molar-refractivity contribution in [2.24, 2.45) is 4.99 Å². The van der Waals surface area contributed by atoms with Crippen LogP contribution in [0.3, 0.4) is 0 Å². The third-order valence-electron chi connectivity index (χ3n) is 0.880. The molecule has 0 aliphatic carbocycles. The SMILES string of the molecule is C/C(O)=C/C(C)=N/C(C)C. The molecule has 0 aromatic heterocycles. The molecule has 0 fully saturated rings. The number of hydrogen-bond donors (Lipinski definition) is 1. The molecule has 0 bridgehead atoms. The molecular weight excluding hydrogens is 126 g/mol. The summed E-state index contributed by atoms with van der Waals surface area (Å²) in [5.41, 5.74) is 0.870. The molecule has 0 radical (unpaired) electrons. The van der Waals surface area contributed by atoms with Crippen molar-refractivity contribution >= 4 is 5.71 Å². The number of aliphatic hydroxyl groups excluding tert-OH is 1. The average molecular weight is 141 g/mol. The van der Waals surface area contributed by atoms with Gasteiger partial charge in [-0.25, -0.2) is 0 Å². The molecular formula is C8H15NO. The van der Waals surface area contributed by atoms with E-state index in [4.69, 9.17) is 5.11 Å². The van der Waals surface area contributed by atoms with Crippen molar-refractivity contribution in [3.63, 3.8) is 0 Å². The molecule has 0 aromatic carbocycles. The fourth-order valence-corrected chi connectivity index (χ4v) is 0.747. The normalized spacial score (nSPS) is 14.5. The van der Waals surface area contributed by atoms with Gasteiger partial charge in [0.05, 0.1) is 5.76 Å². The van der Waals surface area contributed by atoms with Gasteiger partial charge in [-0.15, -0.1) is 0 Å². The van der Waals surface area contributed by atoms with Gasteiger partial charge < -0.3 is 5.11 Å². The quantitative estimate of drug-likeness (QED) is 0.464. The minimum Gasteiger partial charge on any atom is -0.513 e. The highest BCUT2D eigenvalue weighted by atomic mass is 16.3. The zero-order valence-electron chi connectivity index (χ0n) is 7.05. The van der Waals surface area contributed by atoms with Crippen LogP contribution in [0.15, 0.2) is 16.8 Å². The summed E-state index contributed by atoms with van der Waals surface area (Å²) < 4.78 is 0. The minimum atomic E-state index is 0.301. The van der Waals surface area contributed by atoms with E-state index >= 15 is 0 Å². The van der Waals surface area contributed by atoms with Crippen LogP contribution in [0.25, 0.3) is 0 Å². The highest BCUT2D eigenvalue weighted by molar-refractivity contribution is 5.93. The van der Waals surface area contributed by atoms with E-state index < -0.39 is 0 Å². The average Bonchev–Trinajstić information content (AvgIpc) is 1.58. The van der Waals surface area contributed by atoms with E-state index in [0.717, 1.165) is 5.71 Å². The van der Waals surface area contributed by atoms with Crippen molar-refractivity contribution in [2.75, 3.05) is 0 Å². The van der Waals surface area contributed by atoms with Crippen LogP contribution in [-0.4, -0.2) is 16.9 Å². The zero-order chi connectivity index (χ0) is 8.15. The molecule has 2 heteroatoms. The number of nitrogens with zero attached hydrogens (tertiary/aromatic N) is 1. The van der Waals surface area contributed by atoms with Gasteiger partial charge in [0.1, 0.15) is 0 Å². The molecule has 0 rings (SSSR count). The first-order valence-corrected chi connectivity index (χ1v) is 3.44. The molecule has 0 unspecified atom stereocenters. The lowest BCUT2D eigenvalue weighted by atomic mass is 10.3. The second kappa shape index (κ2) is 4.09. The van der Waals surface area contributed by atoms with Gasteiger partial charge in [0.2, 0.25) is 0 Å².